The Hall–Kier alpha value is -6.20. The van der Waals surface area contributed by atoms with Crippen molar-refractivity contribution in [3.05, 3.63) is 146 Å². The molecule has 0 N–H and O–H groups in total. The number of allylic oxidation sites excluding steroid dienone is 2. The first-order valence-electron chi connectivity index (χ1n) is 16.4. The lowest BCUT2D eigenvalue weighted by Gasteiger charge is -2.10. The molecule has 0 spiro atoms. The molecule has 0 radical (unpaired) electrons. The summed E-state index contributed by atoms with van der Waals surface area (Å²) in [7, 11) is 3.97. The van der Waals surface area contributed by atoms with Gasteiger partial charge in [0.15, 0.2) is 11.0 Å². The summed E-state index contributed by atoms with van der Waals surface area (Å²) in [5, 5.41) is 4.95. The zero-order chi connectivity index (χ0) is 32.4. The van der Waals surface area contributed by atoms with Gasteiger partial charge in [0.05, 0.1) is 34.7 Å². The summed E-state index contributed by atoms with van der Waals surface area (Å²) in [4.78, 5) is 4.21. The van der Waals surface area contributed by atoms with Crippen LogP contribution in [0.2, 0.25) is 0 Å². The minimum Gasteiger partial charge on any atom is -0.313 e. The van der Waals surface area contributed by atoms with Crippen LogP contribution in [0.1, 0.15) is 6.92 Å². The first-order chi connectivity index (χ1) is 23.6. The van der Waals surface area contributed by atoms with Crippen molar-refractivity contribution in [2.24, 2.45) is 12.0 Å². The Kier molecular flexibility index (Phi) is 6.40. The van der Waals surface area contributed by atoms with Crippen molar-refractivity contribution in [3.63, 3.8) is 0 Å². The second kappa shape index (κ2) is 11.0. The third-order valence-corrected chi connectivity index (χ3v) is 9.70. The summed E-state index contributed by atoms with van der Waals surface area (Å²) in [6.45, 7) is 2.15. The number of imidazole rings is 1. The number of para-hydroxylation sites is 5. The molecule has 0 amide bonds. The highest BCUT2D eigenvalue weighted by Crippen LogP contribution is 2.39. The van der Waals surface area contributed by atoms with E-state index in [0.29, 0.717) is 0 Å². The van der Waals surface area contributed by atoms with E-state index in [9.17, 15) is 0 Å². The van der Waals surface area contributed by atoms with Crippen molar-refractivity contribution in [1.29, 1.82) is 0 Å². The molecule has 6 aromatic carbocycles. The molecule has 9 aromatic rings. The number of fused-ring (bicyclic) bond motifs is 7. The van der Waals surface area contributed by atoms with Crippen LogP contribution in [0.3, 0.4) is 0 Å². The van der Waals surface area contributed by atoms with Crippen LogP contribution in [0.25, 0.3) is 83.1 Å². The number of nitrogens with zero attached hydrogens (tertiary/aromatic N) is 5. The lowest BCUT2D eigenvalue weighted by molar-refractivity contribution is -0.633. The van der Waals surface area contributed by atoms with E-state index >= 15 is 0 Å². The minimum atomic E-state index is 1.13. The van der Waals surface area contributed by atoms with E-state index < -0.39 is 0 Å². The Morgan fingerprint density at radius 3 is 1.90 bits per heavy atom. The molecular formula is C43H34N5+. The fraction of sp³-hybridized carbons (Fsp3) is 0.0698. The smallest absolute Gasteiger partial charge is 0.294 e. The fourth-order valence-electron chi connectivity index (χ4n) is 7.58. The highest BCUT2D eigenvalue weighted by molar-refractivity contribution is 6.19. The second-order valence-corrected chi connectivity index (χ2v) is 12.4. The van der Waals surface area contributed by atoms with Crippen LogP contribution in [-0.4, -0.2) is 27.0 Å². The normalized spacial score (nSPS) is 12.5. The molecule has 3 aromatic heterocycles. The van der Waals surface area contributed by atoms with Crippen LogP contribution in [0.15, 0.2) is 151 Å². The van der Waals surface area contributed by atoms with Gasteiger partial charge >= 0.3 is 0 Å². The lowest BCUT2D eigenvalue weighted by atomic mass is 10.1. The van der Waals surface area contributed by atoms with Crippen molar-refractivity contribution >= 4 is 66.6 Å². The molecule has 0 aliphatic carbocycles. The van der Waals surface area contributed by atoms with Crippen LogP contribution in [-0.2, 0) is 7.05 Å². The number of aryl methyl sites for hydroxylation is 1. The average Bonchev–Trinajstić information content (AvgIpc) is 3.75. The molecule has 5 nitrogen and oxygen atoms in total. The third kappa shape index (κ3) is 4.11. The van der Waals surface area contributed by atoms with Crippen molar-refractivity contribution in [1.82, 2.24) is 13.7 Å². The molecule has 48 heavy (non-hydrogen) atoms. The molecule has 0 bridgehead atoms. The van der Waals surface area contributed by atoms with Gasteiger partial charge in [0.25, 0.3) is 5.82 Å². The van der Waals surface area contributed by atoms with E-state index in [1.807, 2.05) is 13.3 Å². The van der Waals surface area contributed by atoms with Gasteiger partial charge in [0.2, 0.25) is 0 Å². The number of hydrogen-bond donors (Lipinski definition) is 0. The maximum atomic E-state index is 4.21. The first kappa shape index (κ1) is 28.1. The van der Waals surface area contributed by atoms with Crippen molar-refractivity contribution < 1.29 is 4.57 Å². The van der Waals surface area contributed by atoms with Crippen molar-refractivity contribution in [2.75, 3.05) is 7.05 Å². The van der Waals surface area contributed by atoms with Gasteiger partial charge in [-0.1, -0.05) is 66.7 Å². The Bertz CT molecular complexity index is 2740. The predicted octanol–water partition coefficient (Wildman–Crippen LogP) is 9.89. The zero-order valence-electron chi connectivity index (χ0n) is 27.2. The van der Waals surface area contributed by atoms with E-state index in [1.165, 1.54) is 54.6 Å². The van der Waals surface area contributed by atoms with Gasteiger partial charge in [0, 0.05) is 46.2 Å². The summed E-state index contributed by atoms with van der Waals surface area (Å²) < 4.78 is 9.44. The molecule has 0 aliphatic heterocycles. The van der Waals surface area contributed by atoms with Gasteiger partial charge < -0.3 is 9.13 Å². The largest absolute Gasteiger partial charge is 0.313 e. The van der Waals surface area contributed by atoms with Gasteiger partial charge in [-0.15, -0.1) is 0 Å². The van der Waals surface area contributed by atoms with Crippen LogP contribution >= 0.6 is 0 Å². The first-order valence-corrected chi connectivity index (χ1v) is 16.4. The molecule has 9 rings (SSSR count). The van der Waals surface area contributed by atoms with E-state index in [-0.39, 0.29) is 0 Å². The van der Waals surface area contributed by atoms with Gasteiger partial charge in [-0.3, -0.25) is 4.99 Å². The highest BCUT2D eigenvalue weighted by atomic mass is 15.2. The number of hydrogen-bond acceptors (Lipinski definition) is 1. The summed E-state index contributed by atoms with van der Waals surface area (Å²) in [5.41, 5.74) is 11.7. The molecule has 0 atom stereocenters. The van der Waals surface area contributed by atoms with E-state index in [1.54, 1.807) is 0 Å². The molecular weight excluding hydrogens is 587 g/mol. The number of aliphatic imine (C=N–C) groups is 1. The molecule has 0 aliphatic rings. The third-order valence-electron chi connectivity index (χ3n) is 9.70. The number of rotatable bonds is 5. The summed E-state index contributed by atoms with van der Waals surface area (Å²) in [5.74, 6) is 1.14. The van der Waals surface area contributed by atoms with Crippen LogP contribution in [0.5, 0.6) is 0 Å². The minimum absolute atomic E-state index is 1.13. The van der Waals surface area contributed by atoms with Gasteiger partial charge in [-0.2, -0.15) is 4.57 Å². The molecule has 3 heterocycles. The number of benzene rings is 6. The van der Waals surface area contributed by atoms with E-state index in [2.05, 4.69) is 183 Å². The fourth-order valence-corrected chi connectivity index (χ4v) is 7.58. The topological polar surface area (TPSA) is 31.0 Å². The molecule has 0 saturated carbocycles. The SMILES string of the molecule is C/N=C/C=C(\C)n1c2ccccc2c2cc3c(cc21)c1ccccc1n3-c1ccc(-c2n(-c3ccccc3)c3ccccc3[n+]2C)cc1. The second-order valence-electron chi connectivity index (χ2n) is 12.4. The predicted molar refractivity (Wildman–Crippen MR) is 202 cm³/mol. The van der Waals surface area contributed by atoms with Gasteiger partial charge in [-0.25, -0.2) is 4.57 Å². The van der Waals surface area contributed by atoms with E-state index in [0.717, 1.165) is 28.5 Å². The van der Waals surface area contributed by atoms with Crippen LogP contribution in [0, 0.1) is 0 Å². The number of aromatic nitrogens is 4. The summed E-state index contributed by atoms with van der Waals surface area (Å²) in [6, 6.07) is 50.5. The molecule has 0 fully saturated rings. The quantitative estimate of drug-likeness (QED) is 0.136. The van der Waals surface area contributed by atoms with Gasteiger partial charge in [-0.05, 0) is 85.8 Å². The zero-order valence-corrected chi connectivity index (χ0v) is 27.2. The van der Waals surface area contributed by atoms with Crippen molar-refractivity contribution in [2.45, 2.75) is 6.92 Å². The molecule has 0 saturated heterocycles. The summed E-state index contributed by atoms with van der Waals surface area (Å²) in [6.07, 6.45) is 3.95. The van der Waals surface area contributed by atoms with Crippen LogP contribution < -0.4 is 4.57 Å². The lowest BCUT2D eigenvalue weighted by Crippen LogP contribution is -2.30. The van der Waals surface area contributed by atoms with Crippen molar-refractivity contribution in [3.8, 4) is 22.8 Å². The average molecular weight is 621 g/mol. The molecule has 5 heteroatoms. The highest BCUT2D eigenvalue weighted by Gasteiger charge is 2.26. The molecule has 0 unspecified atom stereocenters. The Morgan fingerprint density at radius 1 is 0.562 bits per heavy atom. The Morgan fingerprint density at radius 2 is 1.15 bits per heavy atom. The maximum Gasteiger partial charge on any atom is 0.294 e. The van der Waals surface area contributed by atoms with Crippen LogP contribution in [0.4, 0.5) is 0 Å². The van der Waals surface area contributed by atoms with Gasteiger partial charge in [0.1, 0.15) is 5.69 Å². The summed E-state index contributed by atoms with van der Waals surface area (Å²) >= 11 is 0. The maximum absolute atomic E-state index is 4.21. The Balaban J connectivity index is 1.28. The Labute approximate surface area is 278 Å². The van der Waals surface area contributed by atoms with E-state index in [4.69, 9.17) is 0 Å². The molecule has 230 valence electrons. The standard InChI is InChI=1S/C43H34N5/c1-29(25-26-44-2)46-37-17-9-7-15-33(37)35-28-42-36(27-41(35)46)34-16-8-10-18-38(34)47(42)32-23-21-30(22-24-32)43-45(3)39-19-11-12-20-40(39)48(43)31-13-5-4-6-14-31/h4-28H,1-3H3/q+1/b29-25+,44-26+. The monoisotopic (exact) mass is 620 g/mol.